The van der Waals surface area contributed by atoms with Crippen molar-refractivity contribution >= 4 is 5.97 Å². The Morgan fingerprint density at radius 2 is 2.00 bits per heavy atom. The standard InChI is InChI=1S/C15H28N2O2/c1-3-19-14(18)15(2,16)8-5-9-17-10-12-6-4-7-13(12)11-17/h12-13H,3-11,16H2,1-2H3. The second-order valence-corrected chi connectivity index (χ2v) is 6.45. The predicted molar refractivity (Wildman–Crippen MR) is 75.7 cm³/mol. The van der Waals surface area contributed by atoms with E-state index >= 15 is 0 Å². The molecule has 4 heteroatoms. The van der Waals surface area contributed by atoms with Crippen molar-refractivity contribution in [1.29, 1.82) is 0 Å². The maximum Gasteiger partial charge on any atom is 0.325 e. The van der Waals surface area contributed by atoms with Crippen LogP contribution >= 0.6 is 0 Å². The average Bonchev–Trinajstić information content (AvgIpc) is 2.89. The number of carbonyl (C=O) groups excluding carboxylic acids is 1. The van der Waals surface area contributed by atoms with Crippen LogP contribution in [-0.2, 0) is 9.53 Å². The molecule has 2 rings (SSSR count). The number of esters is 1. The summed E-state index contributed by atoms with van der Waals surface area (Å²) in [4.78, 5) is 14.2. The lowest BCUT2D eigenvalue weighted by Gasteiger charge is -2.24. The lowest BCUT2D eigenvalue weighted by molar-refractivity contribution is -0.149. The fourth-order valence-corrected chi connectivity index (χ4v) is 3.58. The van der Waals surface area contributed by atoms with E-state index in [2.05, 4.69) is 4.90 Å². The van der Waals surface area contributed by atoms with Crippen LogP contribution in [0.1, 0.15) is 46.0 Å². The van der Waals surface area contributed by atoms with Crippen molar-refractivity contribution in [2.24, 2.45) is 17.6 Å². The smallest absolute Gasteiger partial charge is 0.325 e. The first kappa shape index (κ1) is 14.8. The van der Waals surface area contributed by atoms with Crippen molar-refractivity contribution in [2.45, 2.75) is 51.5 Å². The molecule has 2 aliphatic rings. The number of hydrogen-bond donors (Lipinski definition) is 1. The maximum absolute atomic E-state index is 11.7. The first-order valence-electron chi connectivity index (χ1n) is 7.71. The second-order valence-electron chi connectivity index (χ2n) is 6.45. The van der Waals surface area contributed by atoms with Gasteiger partial charge in [-0.05, 0) is 57.9 Å². The molecule has 110 valence electrons. The van der Waals surface area contributed by atoms with Gasteiger partial charge < -0.3 is 15.4 Å². The van der Waals surface area contributed by atoms with Crippen LogP contribution in [0.15, 0.2) is 0 Å². The third-order valence-corrected chi connectivity index (χ3v) is 4.71. The molecule has 1 saturated carbocycles. The molecule has 0 bridgehead atoms. The minimum atomic E-state index is -0.828. The Labute approximate surface area is 116 Å². The van der Waals surface area contributed by atoms with Crippen molar-refractivity contribution in [3.8, 4) is 0 Å². The molecule has 0 radical (unpaired) electrons. The molecular weight excluding hydrogens is 240 g/mol. The van der Waals surface area contributed by atoms with Gasteiger partial charge in [0, 0.05) is 13.1 Å². The van der Waals surface area contributed by atoms with Gasteiger partial charge in [0.25, 0.3) is 0 Å². The van der Waals surface area contributed by atoms with Crippen LogP contribution in [-0.4, -0.2) is 42.6 Å². The van der Waals surface area contributed by atoms with Gasteiger partial charge in [0.05, 0.1) is 6.61 Å². The molecule has 4 nitrogen and oxygen atoms in total. The summed E-state index contributed by atoms with van der Waals surface area (Å²) in [6.07, 6.45) is 5.94. The van der Waals surface area contributed by atoms with Gasteiger partial charge in [-0.25, -0.2) is 0 Å². The van der Waals surface area contributed by atoms with Gasteiger partial charge in [-0.1, -0.05) is 6.42 Å². The van der Waals surface area contributed by atoms with Crippen molar-refractivity contribution in [1.82, 2.24) is 4.90 Å². The Morgan fingerprint density at radius 3 is 2.58 bits per heavy atom. The molecule has 3 atom stereocenters. The van der Waals surface area contributed by atoms with E-state index in [1.165, 1.54) is 32.4 Å². The van der Waals surface area contributed by atoms with Gasteiger partial charge >= 0.3 is 5.97 Å². The monoisotopic (exact) mass is 268 g/mol. The van der Waals surface area contributed by atoms with Crippen molar-refractivity contribution < 1.29 is 9.53 Å². The van der Waals surface area contributed by atoms with Gasteiger partial charge in [0.15, 0.2) is 0 Å². The molecule has 0 aromatic heterocycles. The normalized spacial score (nSPS) is 30.1. The van der Waals surface area contributed by atoms with Crippen LogP contribution in [0.4, 0.5) is 0 Å². The Morgan fingerprint density at radius 1 is 1.37 bits per heavy atom. The molecule has 1 saturated heterocycles. The largest absolute Gasteiger partial charge is 0.465 e. The summed E-state index contributed by atoms with van der Waals surface area (Å²) >= 11 is 0. The average molecular weight is 268 g/mol. The molecule has 1 aliphatic carbocycles. The van der Waals surface area contributed by atoms with E-state index in [1.807, 2.05) is 6.92 Å². The zero-order valence-electron chi connectivity index (χ0n) is 12.4. The van der Waals surface area contributed by atoms with Crippen LogP contribution in [0.3, 0.4) is 0 Å². The summed E-state index contributed by atoms with van der Waals surface area (Å²) in [5.41, 5.74) is 5.20. The summed E-state index contributed by atoms with van der Waals surface area (Å²) in [5.74, 6) is 1.61. The number of carbonyl (C=O) groups is 1. The molecule has 1 heterocycles. The van der Waals surface area contributed by atoms with Crippen LogP contribution in [0, 0.1) is 11.8 Å². The van der Waals surface area contributed by atoms with Gasteiger partial charge in [-0.2, -0.15) is 0 Å². The number of ether oxygens (including phenoxy) is 1. The summed E-state index contributed by atoms with van der Waals surface area (Å²) in [7, 11) is 0. The lowest BCUT2D eigenvalue weighted by atomic mass is 9.97. The molecule has 19 heavy (non-hydrogen) atoms. The lowest BCUT2D eigenvalue weighted by Crippen LogP contribution is -2.46. The zero-order valence-corrected chi connectivity index (χ0v) is 12.4. The number of nitrogens with two attached hydrogens (primary N) is 1. The summed E-state index contributed by atoms with van der Waals surface area (Å²) in [5, 5.41) is 0. The number of hydrogen-bond acceptors (Lipinski definition) is 4. The van der Waals surface area contributed by atoms with E-state index in [9.17, 15) is 4.79 Å². The van der Waals surface area contributed by atoms with Crippen LogP contribution < -0.4 is 5.73 Å². The summed E-state index contributed by atoms with van der Waals surface area (Å²) < 4.78 is 5.01. The first-order valence-corrected chi connectivity index (χ1v) is 7.71. The molecule has 2 N–H and O–H groups in total. The highest BCUT2D eigenvalue weighted by Gasteiger charge is 2.36. The van der Waals surface area contributed by atoms with Crippen LogP contribution in [0.5, 0.6) is 0 Å². The van der Waals surface area contributed by atoms with E-state index < -0.39 is 5.54 Å². The minimum Gasteiger partial charge on any atom is -0.465 e. The molecule has 2 fully saturated rings. The van der Waals surface area contributed by atoms with E-state index in [-0.39, 0.29) is 5.97 Å². The molecule has 0 amide bonds. The third-order valence-electron chi connectivity index (χ3n) is 4.71. The van der Waals surface area contributed by atoms with Crippen LogP contribution in [0.2, 0.25) is 0 Å². The first-order chi connectivity index (χ1) is 9.03. The molecule has 3 unspecified atom stereocenters. The van der Waals surface area contributed by atoms with Gasteiger partial charge in [-0.3, -0.25) is 4.79 Å². The minimum absolute atomic E-state index is 0.270. The van der Waals surface area contributed by atoms with E-state index in [4.69, 9.17) is 10.5 Å². The summed E-state index contributed by atoms with van der Waals surface area (Å²) in [6, 6.07) is 0. The van der Waals surface area contributed by atoms with Crippen molar-refractivity contribution in [3.05, 3.63) is 0 Å². The Balaban J connectivity index is 1.67. The number of fused-ring (bicyclic) bond motifs is 1. The highest BCUT2D eigenvalue weighted by Crippen LogP contribution is 2.37. The van der Waals surface area contributed by atoms with Gasteiger partial charge in [0.2, 0.25) is 0 Å². The molecular formula is C15H28N2O2. The Kier molecular flexibility index (Phi) is 4.85. The zero-order chi connectivity index (χ0) is 13.9. The second kappa shape index (κ2) is 6.23. The van der Waals surface area contributed by atoms with E-state index in [0.29, 0.717) is 13.0 Å². The molecule has 1 aliphatic heterocycles. The molecule has 0 aromatic carbocycles. The fourth-order valence-electron chi connectivity index (χ4n) is 3.58. The highest BCUT2D eigenvalue weighted by molar-refractivity contribution is 5.79. The third kappa shape index (κ3) is 3.69. The number of likely N-dealkylation sites (tertiary alicyclic amines) is 1. The molecule has 0 spiro atoms. The Bertz CT molecular complexity index is 305. The van der Waals surface area contributed by atoms with Crippen LogP contribution in [0.25, 0.3) is 0 Å². The topological polar surface area (TPSA) is 55.6 Å². The SMILES string of the molecule is CCOC(=O)C(C)(N)CCCN1CC2CCCC2C1. The molecule has 0 aromatic rings. The predicted octanol–water partition coefficient (Wildman–Crippen LogP) is 1.78. The van der Waals surface area contributed by atoms with Crippen molar-refractivity contribution in [3.63, 3.8) is 0 Å². The Hall–Kier alpha value is -0.610. The van der Waals surface area contributed by atoms with E-state index in [1.54, 1.807) is 6.92 Å². The maximum atomic E-state index is 11.7. The number of nitrogens with zero attached hydrogens (tertiary/aromatic N) is 1. The van der Waals surface area contributed by atoms with Gasteiger partial charge in [0.1, 0.15) is 5.54 Å². The quantitative estimate of drug-likeness (QED) is 0.746. The van der Waals surface area contributed by atoms with Gasteiger partial charge in [-0.15, -0.1) is 0 Å². The number of rotatable bonds is 6. The fraction of sp³-hybridized carbons (Fsp3) is 0.933. The highest BCUT2D eigenvalue weighted by atomic mass is 16.5. The summed E-state index contributed by atoms with van der Waals surface area (Å²) in [6.45, 7) is 7.58. The van der Waals surface area contributed by atoms with Crippen molar-refractivity contribution in [2.75, 3.05) is 26.2 Å². The van der Waals surface area contributed by atoms with E-state index in [0.717, 1.165) is 24.8 Å².